The number of hydrogen-bond donors (Lipinski definition) is 0. The number of esters is 4. The van der Waals surface area contributed by atoms with Crippen LogP contribution in [0.5, 0.6) is 5.75 Å². The van der Waals surface area contributed by atoms with E-state index >= 15 is 0 Å². The van der Waals surface area contributed by atoms with Crippen molar-refractivity contribution in [3.63, 3.8) is 0 Å². The fraction of sp³-hybridized carbons (Fsp3) is 0.533. The summed E-state index contributed by atoms with van der Waals surface area (Å²) in [5, 5.41) is 0. The molecule has 0 aliphatic heterocycles. The molecule has 0 fully saturated rings. The van der Waals surface area contributed by atoms with Gasteiger partial charge in [-0.05, 0) is 68.5 Å². The van der Waals surface area contributed by atoms with Gasteiger partial charge in [0.15, 0.2) is 0 Å². The highest BCUT2D eigenvalue weighted by Gasteiger charge is 2.16. The van der Waals surface area contributed by atoms with E-state index in [1.165, 1.54) is 0 Å². The van der Waals surface area contributed by atoms with Gasteiger partial charge in [0.05, 0.1) is 43.8 Å². The topological polar surface area (TPSA) is 114 Å². The quantitative estimate of drug-likeness (QED) is 0.155. The monoisotopic (exact) mass is 544 g/mol. The first-order valence-corrected chi connectivity index (χ1v) is 13.5. The van der Waals surface area contributed by atoms with Gasteiger partial charge in [-0.2, -0.15) is 0 Å². The first-order chi connectivity index (χ1) is 18.7. The van der Waals surface area contributed by atoms with Crippen molar-refractivity contribution in [1.82, 2.24) is 0 Å². The summed E-state index contributed by atoms with van der Waals surface area (Å²) < 4.78 is 26.6. The summed E-state index contributed by atoms with van der Waals surface area (Å²) >= 11 is 0. The molecule has 2 rings (SSSR count). The van der Waals surface area contributed by atoms with E-state index in [2.05, 4.69) is 0 Å². The second kappa shape index (κ2) is 17.1. The van der Waals surface area contributed by atoms with Gasteiger partial charge in [0.25, 0.3) is 0 Å². The van der Waals surface area contributed by atoms with Gasteiger partial charge in [-0.3, -0.25) is 9.59 Å². The SMILES string of the molecule is CC(C)C(=O)OCCCCOC(=O)C1=CC=C(Oc2ccc(C(=O)OCCCCOC(=O)C(C)C)cc2)CC1. The van der Waals surface area contributed by atoms with Crippen LogP contribution in [0.25, 0.3) is 0 Å². The van der Waals surface area contributed by atoms with Gasteiger partial charge in [0.2, 0.25) is 0 Å². The standard InChI is InChI=1S/C30H40O9/c1-21(2)27(31)35-17-5-7-19-37-29(33)23-9-13-25(14-10-23)39-26-15-11-24(12-16-26)30(34)38-20-8-6-18-36-28(32)22(3)4/h9-11,13-15,21-22H,5-8,12,16-20H2,1-4H3. The van der Waals surface area contributed by atoms with Gasteiger partial charge in [0.1, 0.15) is 11.5 Å². The van der Waals surface area contributed by atoms with E-state index in [4.69, 9.17) is 23.7 Å². The molecule has 0 heterocycles. The molecule has 0 N–H and O–H groups in total. The molecule has 0 saturated carbocycles. The molecule has 1 aromatic rings. The van der Waals surface area contributed by atoms with E-state index in [1.54, 1.807) is 64.1 Å². The van der Waals surface area contributed by atoms with Crippen LogP contribution in [0.4, 0.5) is 0 Å². The van der Waals surface area contributed by atoms with Crippen molar-refractivity contribution in [1.29, 1.82) is 0 Å². The van der Waals surface area contributed by atoms with Crippen LogP contribution in [0, 0.1) is 11.8 Å². The average molecular weight is 545 g/mol. The summed E-state index contributed by atoms with van der Waals surface area (Å²) in [7, 11) is 0. The number of hydrogen-bond acceptors (Lipinski definition) is 9. The zero-order valence-corrected chi connectivity index (χ0v) is 23.4. The van der Waals surface area contributed by atoms with Gasteiger partial charge in [0, 0.05) is 12.0 Å². The Balaban J connectivity index is 1.66. The molecule has 1 aliphatic rings. The lowest BCUT2D eigenvalue weighted by atomic mass is 10.0. The Morgan fingerprint density at radius 2 is 1.13 bits per heavy atom. The van der Waals surface area contributed by atoms with E-state index in [0.717, 1.165) is 0 Å². The van der Waals surface area contributed by atoms with Gasteiger partial charge >= 0.3 is 23.9 Å². The van der Waals surface area contributed by atoms with Crippen LogP contribution in [-0.4, -0.2) is 50.3 Å². The van der Waals surface area contributed by atoms with Gasteiger partial charge in [-0.25, -0.2) is 9.59 Å². The van der Waals surface area contributed by atoms with Crippen LogP contribution in [-0.2, 0) is 33.3 Å². The van der Waals surface area contributed by atoms with Crippen LogP contribution in [0.15, 0.2) is 47.7 Å². The Kier molecular flexibility index (Phi) is 13.8. The minimum atomic E-state index is -0.430. The molecule has 0 spiro atoms. The molecule has 0 atom stereocenters. The molecule has 9 nitrogen and oxygen atoms in total. The number of rotatable bonds is 16. The van der Waals surface area contributed by atoms with Gasteiger partial charge < -0.3 is 23.7 Å². The Hall–Kier alpha value is -3.62. The largest absolute Gasteiger partial charge is 0.465 e. The van der Waals surface area contributed by atoms with Crippen LogP contribution >= 0.6 is 0 Å². The number of allylic oxidation sites excluding steroid dienone is 3. The highest BCUT2D eigenvalue weighted by molar-refractivity contribution is 5.90. The molecule has 39 heavy (non-hydrogen) atoms. The third-order valence-corrected chi connectivity index (χ3v) is 5.69. The average Bonchev–Trinajstić information content (AvgIpc) is 2.92. The molecule has 0 amide bonds. The fourth-order valence-electron chi connectivity index (χ4n) is 3.28. The number of carbonyl (C=O) groups excluding carboxylic acids is 4. The Morgan fingerprint density at radius 1 is 0.641 bits per heavy atom. The summed E-state index contributed by atoms with van der Waals surface area (Å²) in [6.07, 6.45) is 6.96. The lowest BCUT2D eigenvalue weighted by Gasteiger charge is -2.15. The van der Waals surface area contributed by atoms with Crippen LogP contribution in [0.3, 0.4) is 0 Å². The predicted molar refractivity (Wildman–Crippen MR) is 144 cm³/mol. The molecule has 0 bridgehead atoms. The van der Waals surface area contributed by atoms with E-state index in [0.29, 0.717) is 74.4 Å². The van der Waals surface area contributed by atoms with Crippen molar-refractivity contribution in [2.24, 2.45) is 11.8 Å². The first-order valence-electron chi connectivity index (χ1n) is 13.5. The molecule has 0 saturated heterocycles. The molecule has 1 aromatic carbocycles. The van der Waals surface area contributed by atoms with E-state index in [1.807, 2.05) is 0 Å². The van der Waals surface area contributed by atoms with Gasteiger partial charge in [-0.15, -0.1) is 0 Å². The molecular formula is C30H40O9. The molecule has 214 valence electrons. The third-order valence-electron chi connectivity index (χ3n) is 5.69. The maximum atomic E-state index is 12.3. The van der Waals surface area contributed by atoms with E-state index in [9.17, 15) is 19.2 Å². The smallest absolute Gasteiger partial charge is 0.338 e. The van der Waals surface area contributed by atoms with E-state index in [-0.39, 0.29) is 43.0 Å². The third kappa shape index (κ3) is 12.2. The molecule has 0 aromatic heterocycles. The summed E-state index contributed by atoms with van der Waals surface area (Å²) in [5.41, 5.74) is 0.985. The molecular weight excluding hydrogens is 504 g/mol. The summed E-state index contributed by atoms with van der Waals surface area (Å²) in [6.45, 7) is 8.27. The predicted octanol–water partition coefficient (Wildman–Crippen LogP) is 5.33. The molecule has 0 radical (unpaired) electrons. The zero-order chi connectivity index (χ0) is 28.6. The van der Waals surface area contributed by atoms with Crippen molar-refractivity contribution >= 4 is 23.9 Å². The normalized spacial score (nSPS) is 12.9. The Morgan fingerprint density at radius 3 is 1.59 bits per heavy atom. The summed E-state index contributed by atoms with van der Waals surface area (Å²) in [5.74, 6) is -0.281. The number of unbranched alkanes of at least 4 members (excludes halogenated alkanes) is 2. The Labute approximate surface area is 230 Å². The highest BCUT2D eigenvalue weighted by atomic mass is 16.5. The fourth-order valence-corrected chi connectivity index (χ4v) is 3.28. The highest BCUT2D eigenvalue weighted by Crippen LogP contribution is 2.24. The second-order valence-electron chi connectivity index (χ2n) is 9.78. The minimum absolute atomic E-state index is 0.150. The lowest BCUT2D eigenvalue weighted by molar-refractivity contribution is -0.148. The van der Waals surface area contributed by atoms with Crippen molar-refractivity contribution in [3.8, 4) is 5.75 Å². The van der Waals surface area contributed by atoms with Crippen LogP contribution in [0.2, 0.25) is 0 Å². The maximum Gasteiger partial charge on any atom is 0.338 e. The second-order valence-corrected chi connectivity index (χ2v) is 9.78. The summed E-state index contributed by atoms with van der Waals surface area (Å²) in [4.78, 5) is 47.3. The maximum absolute atomic E-state index is 12.3. The number of ether oxygens (including phenoxy) is 5. The molecule has 0 unspecified atom stereocenters. The first kappa shape index (κ1) is 31.6. The number of carbonyl (C=O) groups is 4. The minimum Gasteiger partial charge on any atom is -0.465 e. The molecule has 9 heteroatoms. The van der Waals surface area contributed by atoms with Crippen LogP contribution < -0.4 is 4.74 Å². The zero-order valence-electron chi connectivity index (χ0n) is 23.4. The van der Waals surface area contributed by atoms with Gasteiger partial charge in [-0.1, -0.05) is 27.7 Å². The summed E-state index contributed by atoms with van der Waals surface area (Å²) in [6, 6.07) is 6.64. The number of benzene rings is 1. The van der Waals surface area contributed by atoms with Crippen molar-refractivity contribution in [2.75, 3.05) is 26.4 Å². The molecule has 1 aliphatic carbocycles. The lowest BCUT2D eigenvalue weighted by Crippen LogP contribution is -2.14. The van der Waals surface area contributed by atoms with Crippen molar-refractivity contribution in [2.45, 2.75) is 66.2 Å². The van der Waals surface area contributed by atoms with Crippen molar-refractivity contribution in [3.05, 3.63) is 53.3 Å². The Bertz CT molecular complexity index is 1020. The van der Waals surface area contributed by atoms with Crippen LogP contribution in [0.1, 0.15) is 76.6 Å². The van der Waals surface area contributed by atoms with Crippen molar-refractivity contribution < 1.29 is 42.9 Å². The van der Waals surface area contributed by atoms with E-state index < -0.39 is 5.97 Å².